The Morgan fingerprint density at radius 2 is 1.61 bits per heavy atom. The van der Waals surface area contributed by atoms with Gasteiger partial charge in [0.25, 0.3) is 0 Å². The lowest BCUT2D eigenvalue weighted by Gasteiger charge is -2.29. The molecular formula is C12H22O6. The molecular weight excluding hydrogens is 240 g/mol. The zero-order valence-corrected chi connectivity index (χ0v) is 11.4. The molecule has 0 spiro atoms. The van der Waals surface area contributed by atoms with Crippen molar-refractivity contribution >= 4 is 11.9 Å². The zero-order chi connectivity index (χ0) is 14.2. The van der Waals surface area contributed by atoms with Crippen LogP contribution >= 0.6 is 0 Å². The topological polar surface area (TPSA) is 82.1 Å². The van der Waals surface area contributed by atoms with Crippen molar-refractivity contribution in [3.63, 3.8) is 0 Å². The predicted octanol–water partition coefficient (Wildman–Crippen LogP) is 0.516. The van der Waals surface area contributed by atoms with Gasteiger partial charge in [-0.15, -0.1) is 0 Å². The molecule has 106 valence electrons. The summed E-state index contributed by atoms with van der Waals surface area (Å²) in [6.45, 7) is 5.14. The van der Waals surface area contributed by atoms with Crippen LogP contribution in [0.25, 0.3) is 0 Å². The highest BCUT2D eigenvalue weighted by atomic mass is 16.6. The molecule has 0 radical (unpaired) electrons. The minimum Gasteiger partial charge on any atom is -0.465 e. The van der Waals surface area contributed by atoms with Crippen molar-refractivity contribution in [1.29, 1.82) is 0 Å². The number of aliphatic hydroxyl groups is 1. The van der Waals surface area contributed by atoms with E-state index < -0.39 is 23.5 Å². The van der Waals surface area contributed by atoms with E-state index in [9.17, 15) is 14.7 Å². The van der Waals surface area contributed by atoms with Crippen LogP contribution < -0.4 is 0 Å². The van der Waals surface area contributed by atoms with Gasteiger partial charge < -0.3 is 19.3 Å². The fourth-order valence-electron chi connectivity index (χ4n) is 1.51. The van der Waals surface area contributed by atoms with E-state index in [2.05, 4.69) is 0 Å². The van der Waals surface area contributed by atoms with Gasteiger partial charge in [0.05, 0.1) is 18.8 Å². The molecule has 0 aliphatic carbocycles. The van der Waals surface area contributed by atoms with Gasteiger partial charge in [-0.05, 0) is 20.8 Å². The second-order valence-corrected chi connectivity index (χ2v) is 4.04. The van der Waals surface area contributed by atoms with Gasteiger partial charge >= 0.3 is 11.9 Å². The summed E-state index contributed by atoms with van der Waals surface area (Å²) < 4.78 is 14.4. The Kier molecular flexibility index (Phi) is 7.54. The second kappa shape index (κ2) is 8.05. The standard InChI is InChI=1S/C12H22O6/c1-5-17-10(13)9(11(14)18-6-2)12(3,15)7-8-16-4/h9,15H,5-8H2,1-4H3. The SMILES string of the molecule is CCOC(=O)C(C(=O)OCC)C(C)(O)CCOC. The lowest BCUT2D eigenvalue weighted by Crippen LogP contribution is -2.47. The molecule has 1 atom stereocenters. The first-order valence-electron chi connectivity index (χ1n) is 5.95. The van der Waals surface area contributed by atoms with Crippen molar-refractivity contribution in [2.24, 2.45) is 5.92 Å². The van der Waals surface area contributed by atoms with E-state index in [4.69, 9.17) is 14.2 Å². The molecule has 0 bridgehead atoms. The smallest absolute Gasteiger partial charge is 0.323 e. The van der Waals surface area contributed by atoms with Crippen LogP contribution in [-0.2, 0) is 23.8 Å². The van der Waals surface area contributed by atoms with Crippen LogP contribution in [0.1, 0.15) is 27.2 Å². The van der Waals surface area contributed by atoms with Gasteiger partial charge in [-0.3, -0.25) is 9.59 Å². The second-order valence-electron chi connectivity index (χ2n) is 4.04. The monoisotopic (exact) mass is 262 g/mol. The molecule has 0 aliphatic rings. The van der Waals surface area contributed by atoms with Crippen molar-refractivity contribution in [3.05, 3.63) is 0 Å². The first-order valence-corrected chi connectivity index (χ1v) is 5.95. The summed E-state index contributed by atoms with van der Waals surface area (Å²) in [7, 11) is 1.47. The maximum Gasteiger partial charge on any atom is 0.323 e. The molecule has 1 unspecified atom stereocenters. The van der Waals surface area contributed by atoms with E-state index >= 15 is 0 Å². The van der Waals surface area contributed by atoms with Gasteiger partial charge in [-0.2, -0.15) is 0 Å². The Hall–Kier alpha value is -1.14. The summed E-state index contributed by atoms with van der Waals surface area (Å²) in [5.41, 5.74) is -1.56. The first-order chi connectivity index (χ1) is 8.40. The molecule has 6 heteroatoms. The summed E-state index contributed by atoms with van der Waals surface area (Å²) in [5.74, 6) is -2.92. The molecule has 0 amide bonds. The third-order valence-corrected chi connectivity index (χ3v) is 2.48. The Bertz CT molecular complexity index is 256. The van der Waals surface area contributed by atoms with E-state index in [0.29, 0.717) is 0 Å². The minimum absolute atomic E-state index is 0.131. The van der Waals surface area contributed by atoms with Gasteiger partial charge in [-0.1, -0.05) is 0 Å². The summed E-state index contributed by atoms with van der Waals surface area (Å²) in [6.07, 6.45) is 0.131. The number of esters is 2. The summed E-state index contributed by atoms with van der Waals surface area (Å²) in [5, 5.41) is 10.2. The molecule has 0 saturated heterocycles. The Labute approximate surface area is 107 Å². The molecule has 0 aromatic carbocycles. The maximum absolute atomic E-state index is 11.7. The van der Waals surface area contributed by atoms with Crippen molar-refractivity contribution in [1.82, 2.24) is 0 Å². The lowest BCUT2D eigenvalue weighted by atomic mass is 9.86. The van der Waals surface area contributed by atoms with Gasteiger partial charge in [-0.25, -0.2) is 0 Å². The number of rotatable bonds is 8. The zero-order valence-electron chi connectivity index (χ0n) is 11.4. The van der Waals surface area contributed by atoms with Crippen molar-refractivity contribution < 1.29 is 28.9 Å². The average molecular weight is 262 g/mol. The maximum atomic E-state index is 11.7. The van der Waals surface area contributed by atoms with Gasteiger partial charge in [0.2, 0.25) is 0 Å². The largest absolute Gasteiger partial charge is 0.465 e. The van der Waals surface area contributed by atoms with Crippen LogP contribution in [-0.4, -0.2) is 49.6 Å². The fraction of sp³-hybridized carbons (Fsp3) is 0.833. The highest BCUT2D eigenvalue weighted by molar-refractivity contribution is 5.96. The molecule has 0 aromatic heterocycles. The third-order valence-electron chi connectivity index (χ3n) is 2.48. The Balaban J connectivity index is 4.94. The van der Waals surface area contributed by atoms with Crippen LogP contribution in [0.2, 0.25) is 0 Å². The van der Waals surface area contributed by atoms with Crippen LogP contribution in [0.3, 0.4) is 0 Å². The van der Waals surface area contributed by atoms with Crippen LogP contribution in [0.15, 0.2) is 0 Å². The number of hydrogen-bond acceptors (Lipinski definition) is 6. The highest BCUT2D eigenvalue weighted by Crippen LogP contribution is 2.24. The minimum atomic E-state index is -1.56. The molecule has 0 aliphatic heterocycles. The third kappa shape index (κ3) is 5.01. The summed E-state index contributed by atoms with van der Waals surface area (Å²) >= 11 is 0. The summed E-state index contributed by atoms with van der Waals surface area (Å²) in [6, 6.07) is 0. The van der Waals surface area contributed by atoms with Crippen molar-refractivity contribution in [3.8, 4) is 0 Å². The normalized spacial score (nSPS) is 14.1. The van der Waals surface area contributed by atoms with E-state index in [-0.39, 0.29) is 26.2 Å². The Morgan fingerprint density at radius 1 is 1.17 bits per heavy atom. The van der Waals surface area contributed by atoms with E-state index in [1.54, 1.807) is 13.8 Å². The van der Waals surface area contributed by atoms with Gasteiger partial charge in [0.1, 0.15) is 0 Å². The fourth-order valence-corrected chi connectivity index (χ4v) is 1.51. The van der Waals surface area contributed by atoms with Crippen LogP contribution in [0, 0.1) is 5.92 Å². The average Bonchev–Trinajstić information content (AvgIpc) is 2.27. The molecule has 0 aromatic rings. The van der Waals surface area contributed by atoms with Gasteiger partial charge in [0.15, 0.2) is 5.92 Å². The molecule has 1 N–H and O–H groups in total. The van der Waals surface area contributed by atoms with E-state index in [1.165, 1.54) is 14.0 Å². The Morgan fingerprint density at radius 3 is 1.94 bits per heavy atom. The van der Waals surface area contributed by atoms with Crippen LogP contribution in [0.5, 0.6) is 0 Å². The predicted molar refractivity (Wildman–Crippen MR) is 63.9 cm³/mol. The molecule has 6 nitrogen and oxygen atoms in total. The number of ether oxygens (including phenoxy) is 3. The number of methoxy groups -OCH3 is 1. The van der Waals surface area contributed by atoms with Crippen molar-refractivity contribution in [2.45, 2.75) is 32.8 Å². The van der Waals surface area contributed by atoms with Crippen molar-refractivity contribution in [2.75, 3.05) is 26.9 Å². The van der Waals surface area contributed by atoms with Gasteiger partial charge in [0, 0.05) is 20.1 Å². The number of carbonyl (C=O) groups excluding carboxylic acids is 2. The quantitative estimate of drug-likeness (QED) is 0.507. The molecule has 18 heavy (non-hydrogen) atoms. The molecule has 0 rings (SSSR count). The van der Waals surface area contributed by atoms with E-state index in [1.807, 2.05) is 0 Å². The molecule has 0 heterocycles. The molecule has 0 fully saturated rings. The lowest BCUT2D eigenvalue weighted by molar-refractivity contribution is -0.174. The number of carbonyl (C=O) groups is 2. The first kappa shape index (κ1) is 16.9. The molecule has 0 saturated carbocycles. The summed E-state index contributed by atoms with van der Waals surface area (Å²) in [4.78, 5) is 23.5. The highest BCUT2D eigenvalue weighted by Gasteiger charge is 2.45. The number of hydrogen-bond donors (Lipinski definition) is 1. The van der Waals surface area contributed by atoms with Crippen LogP contribution in [0.4, 0.5) is 0 Å². The van der Waals surface area contributed by atoms with E-state index in [0.717, 1.165) is 0 Å².